The molecule has 0 saturated carbocycles. The van der Waals surface area contributed by atoms with E-state index in [-0.39, 0.29) is 49.3 Å². The third-order valence-electron chi connectivity index (χ3n) is 7.71. The van der Waals surface area contributed by atoms with Crippen LogP contribution in [0.3, 0.4) is 0 Å². The fourth-order valence-corrected chi connectivity index (χ4v) is 7.11. The van der Waals surface area contributed by atoms with Crippen molar-refractivity contribution in [3.8, 4) is 45.6 Å². The van der Waals surface area contributed by atoms with Gasteiger partial charge in [0.15, 0.2) is 0 Å². The largest absolute Gasteiger partial charge is 0.478 e. The summed E-state index contributed by atoms with van der Waals surface area (Å²) in [6, 6.07) is 28.8. The Morgan fingerprint density at radius 2 is 1.47 bits per heavy atom. The van der Waals surface area contributed by atoms with Crippen molar-refractivity contribution >= 4 is 26.9 Å². The molecule has 0 aliphatic carbocycles. The predicted octanol–water partition coefficient (Wildman–Crippen LogP) is 8.40. The number of carbonyl (C=O) groups is 1. The van der Waals surface area contributed by atoms with E-state index in [1.165, 1.54) is 24.3 Å². The number of aromatic nitrogens is 1. The zero-order valence-corrected chi connectivity index (χ0v) is 24.8. The zero-order chi connectivity index (χ0) is 33.5. The maximum absolute atomic E-state index is 14.9. The maximum Gasteiger partial charge on any atom is 0.335 e. The standard InChI is InChI=1S/C36H20F3N3O4S/c37-27-11-15-32-31(18-27)33(30-7-2-1-4-25(30)19-40)34(42(32)47(45,46)28-12-8-21(9-13-28)35(38)39)23-6-3-5-22(16-23)29-14-10-24(36(43)44)17-26(29)20-41/h1-18,35H,(H,43,44). The first-order valence-electron chi connectivity index (χ1n) is 13.9. The molecule has 7 nitrogen and oxygen atoms in total. The summed E-state index contributed by atoms with van der Waals surface area (Å²) in [5.74, 6) is -1.88. The van der Waals surface area contributed by atoms with Crippen LogP contribution in [0.25, 0.3) is 44.4 Å². The highest BCUT2D eigenvalue weighted by molar-refractivity contribution is 7.90. The topological polar surface area (TPSA) is 124 Å². The van der Waals surface area contributed by atoms with E-state index in [2.05, 4.69) is 6.07 Å². The van der Waals surface area contributed by atoms with Crippen LogP contribution in [0.4, 0.5) is 13.2 Å². The number of benzene rings is 5. The molecule has 0 unspecified atom stereocenters. The number of fused-ring (bicyclic) bond motifs is 1. The number of hydrogen-bond donors (Lipinski definition) is 1. The van der Waals surface area contributed by atoms with E-state index in [4.69, 9.17) is 0 Å². The van der Waals surface area contributed by atoms with Crippen LogP contribution >= 0.6 is 0 Å². The van der Waals surface area contributed by atoms with Crippen LogP contribution in [-0.4, -0.2) is 23.5 Å². The molecule has 0 saturated heterocycles. The zero-order valence-electron chi connectivity index (χ0n) is 24.0. The van der Waals surface area contributed by atoms with Gasteiger partial charge in [-0.3, -0.25) is 0 Å². The Kier molecular flexibility index (Phi) is 7.85. The van der Waals surface area contributed by atoms with E-state index < -0.39 is 28.2 Å². The highest BCUT2D eigenvalue weighted by Gasteiger charge is 2.30. The highest BCUT2D eigenvalue weighted by atomic mass is 32.2. The summed E-state index contributed by atoms with van der Waals surface area (Å²) in [4.78, 5) is 11.2. The molecule has 0 bridgehead atoms. The summed E-state index contributed by atoms with van der Waals surface area (Å²) >= 11 is 0. The number of nitriles is 2. The number of aromatic carboxylic acids is 1. The minimum Gasteiger partial charge on any atom is -0.478 e. The monoisotopic (exact) mass is 647 g/mol. The van der Waals surface area contributed by atoms with Gasteiger partial charge in [0, 0.05) is 27.6 Å². The summed E-state index contributed by atoms with van der Waals surface area (Å²) in [5, 5.41) is 29.4. The Balaban J connectivity index is 1.73. The van der Waals surface area contributed by atoms with E-state index >= 15 is 0 Å². The molecule has 6 rings (SSSR count). The fraction of sp³-hybridized carbons (Fsp3) is 0.0278. The third-order valence-corrected chi connectivity index (χ3v) is 9.44. The molecule has 1 N–H and O–H groups in total. The van der Waals surface area contributed by atoms with Crippen molar-refractivity contribution in [2.24, 2.45) is 0 Å². The lowest BCUT2D eigenvalue weighted by atomic mass is 9.92. The Labute approximate surface area is 266 Å². The summed E-state index contributed by atoms with van der Waals surface area (Å²) in [5.41, 5.74) is 1.54. The Bertz CT molecular complexity index is 2420. The minimum absolute atomic E-state index is 0.0498. The summed E-state index contributed by atoms with van der Waals surface area (Å²) in [6.45, 7) is 0. The normalized spacial score (nSPS) is 11.4. The fourth-order valence-electron chi connectivity index (χ4n) is 5.56. The van der Waals surface area contributed by atoms with E-state index in [0.29, 0.717) is 22.3 Å². The molecule has 0 atom stereocenters. The van der Waals surface area contributed by atoms with Crippen LogP contribution < -0.4 is 0 Å². The predicted molar refractivity (Wildman–Crippen MR) is 169 cm³/mol. The van der Waals surface area contributed by atoms with Gasteiger partial charge in [-0.05, 0) is 65.7 Å². The van der Waals surface area contributed by atoms with Crippen LogP contribution in [0.1, 0.15) is 33.5 Å². The molecule has 1 aromatic heterocycles. The van der Waals surface area contributed by atoms with Gasteiger partial charge >= 0.3 is 5.97 Å². The van der Waals surface area contributed by atoms with Crippen LogP contribution in [0.5, 0.6) is 0 Å². The summed E-state index contributed by atoms with van der Waals surface area (Å²) < 4.78 is 71.5. The molecule has 0 aliphatic rings. The molecule has 230 valence electrons. The van der Waals surface area contributed by atoms with Gasteiger partial charge in [0.05, 0.1) is 44.9 Å². The number of halogens is 3. The van der Waals surface area contributed by atoms with Crippen molar-refractivity contribution in [2.45, 2.75) is 11.3 Å². The van der Waals surface area contributed by atoms with Crippen molar-refractivity contribution in [1.82, 2.24) is 3.97 Å². The molecule has 47 heavy (non-hydrogen) atoms. The molecule has 11 heteroatoms. The van der Waals surface area contributed by atoms with Gasteiger partial charge in [-0.1, -0.05) is 54.6 Å². The molecule has 0 amide bonds. The lowest BCUT2D eigenvalue weighted by molar-refractivity contribution is 0.0696. The van der Waals surface area contributed by atoms with Gasteiger partial charge in [0.1, 0.15) is 5.82 Å². The average Bonchev–Trinajstić information content (AvgIpc) is 3.42. The SMILES string of the molecule is N#Cc1cc(C(=O)O)ccc1-c1cccc(-c2c(-c3ccccc3C#N)c3cc(F)ccc3n2S(=O)(=O)c2ccc(C(F)F)cc2)c1. The Morgan fingerprint density at radius 1 is 0.766 bits per heavy atom. The van der Waals surface area contributed by atoms with E-state index in [1.54, 1.807) is 48.5 Å². The number of nitrogens with zero attached hydrogens (tertiary/aromatic N) is 3. The molecule has 6 aromatic rings. The molecule has 0 aliphatic heterocycles. The lowest BCUT2D eigenvalue weighted by Crippen LogP contribution is -2.14. The summed E-state index contributed by atoms with van der Waals surface area (Å²) in [6.07, 6.45) is -2.82. The number of alkyl halides is 2. The Hall–Kier alpha value is -6.17. The molecular formula is C36H20F3N3O4S. The van der Waals surface area contributed by atoms with Crippen molar-refractivity contribution in [2.75, 3.05) is 0 Å². The second-order valence-corrected chi connectivity index (χ2v) is 12.2. The van der Waals surface area contributed by atoms with Crippen molar-refractivity contribution < 1.29 is 31.5 Å². The second kappa shape index (κ2) is 12.0. The first-order chi connectivity index (χ1) is 22.5. The number of rotatable bonds is 7. The van der Waals surface area contributed by atoms with E-state index in [1.807, 2.05) is 6.07 Å². The van der Waals surface area contributed by atoms with Crippen molar-refractivity contribution in [3.63, 3.8) is 0 Å². The molecule has 0 radical (unpaired) electrons. The highest BCUT2D eigenvalue weighted by Crippen LogP contribution is 2.45. The van der Waals surface area contributed by atoms with Crippen LogP contribution in [0, 0.1) is 28.5 Å². The molecule has 0 spiro atoms. The van der Waals surface area contributed by atoms with Crippen LogP contribution in [-0.2, 0) is 10.0 Å². The van der Waals surface area contributed by atoms with Crippen molar-refractivity contribution in [3.05, 3.63) is 137 Å². The first-order valence-corrected chi connectivity index (χ1v) is 15.3. The number of carboxylic acids is 1. The van der Waals surface area contributed by atoms with Crippen molar-refractivity contribution in [1.29, 1.82) is 10.5 Å². The minimum atomic E-state index is -4.56. The maximum atomic E-state index is 14.9. The van der Waals surface area contributed by atoms with Gasteiger partial charge in [-0.25, -0.2) is 30.4 Å². The third kappa shape index (κ3) is 5.39. The van der Waals surface area contributed by atoms with Gasteiger partial charge in [-0.15, -0.1) is 0 Å². The van der Waals surface area contributed by atoms with Gasteiger partial charge in [0.25, 0.3) is 16.4 Å². The molecular weight excluding hydrogens is 627 g/mol. The number of carboxylic acid groups (broad SMARTS) is 1. The smallest absolute Gasteiger partial charge is 0.335 e. The molecule has 1 heterocycles. The van der Waals surface area contributed by atoms with Gasteiger partial charge < -0.3 is 5.11 Å². The van der Waals surface area contributed by atoms with E-state index in [0.717, 1.165) is 40.4 Å². The second-order valence-electron chi connectivity index (χ2n) is 10.4. The molecule has 0 fully saturated rings. The lowest BCUT2D eigenvalue weighted by Gasteiger charge is -2.16. The first kappa shape index (κ1) is 30.8. The van der Waals surface area contributed by atoms with Gasteiger partial charge in [0.2, 0.25) is 0 Å². The quantitative estimate of drug-likeness (QED) is 0.186. The van der Waals surface area contributed by atoms with Crippen LogP contribution in [0.15, 0.2) is 114 Å². The van der Waals surface area contributed by atoms with Gasteiger partial charge in [-0.2, -0.15) is 10.5 Å². The molecule has 5 aromatic carbocycles. The average molecular weight is 648 g/mol. The van der Waals surface area contributed by atoms with E-state index in [9.17, 15) is 42.0 Å². The Morgan fingerprint density at radius 3 is 2.15 bits per heavy atom. The summed E-state index contributed by atoms with van der Waals surface area (Å²) in [7, 11) is -4.56. The van der Waals surface area contributed by atoms with Crippen LogP contribution in [0.2, 0.25) is 0 Å². The number of hydrogen-bond acceptors (Lipinski definition) is 5.